The quantitative estimate of drug-likeness (QED) is 0.156. The number of aryl methyl sites for hydroxylation is 6. The Morgan fingerprint density at radius 3 is 0.813 bits per heavy atom. The van der Waals surface area contributed by atoms with Gasteiger partial charge in [0.25, 0.3) is 0 Å². The highest BCUT2D eigenvalue weighted by molar-refractivity contribution is 6.06. The molecule has 0 heterocycles. The monoisotopic (exact) mass is 1780 g/mol. The lowest BCUT2D eigenvalue weighted by molar-refractivity contribution is 0.225. The summed E-state index contributed by atoms with van der Waals surface area (Å²) < 4.78 is 5.67. The topological polar surface area (TPSA) is 9.23 Å². The van der Waals surface area contributed by atoms with Crippen molar-refractivity contribution >= 4 is 108 Å². The van der Waals surface area contributed by atoms with Crippen LogP contribution in [-0.4, -0.2) is 7.11 Å². The number of hydrogen-bond donors (Lipinski definition) is 0. The maximum atomic E-state index is 5.67. The van der Waals surface area contributed by atoms with E-state index in [1.54, 1.807) is 23.8 Å². The van der Waals surface area contributed by atoms with Gasteiger partial charge in [-0.2, -0.15) is 0 Å². The van der Waals surface area contributed by atoms with Gasteiger partial charge in [-0.05, 0) is 411 Å². The highest BCUT2D eigenvalue weighted by Gasteiger charge is 2.34. The average Bonchev–Trinajstić information content (AvgIpc) is 1.12. The molecule has 0 saturated heterocycles. The van der Waals surface area contributed by atoms with Crippen molar-refractivity contribution < 1.29 is 4.74 Å². The van der Waals surface area contributed by atoms with Gasteiger partial charge in [-0.3, -0.25) is 0 Å². The molecule has 0 atom stereocenters. The van der Waals surface area contributed by atoms with Crippen LogP contribution in [-0.2, 0) is 37.9 Å². The summed E-state index contributed by atoms with van der Waals surface area (Å²) >= 11 is 0. The zero-order chi connectivity index (χ0) is 97.0. The van der Waals surface area contributed by atoms with E-state index in [1.807, 2.05) is 0 Å². The largest absolute Gasteiger partial charge is 0.496 e. The van der Waals surface area contributed by atoms with E-state index in [0.717, 1.165) is 23.5 Å². The second-order valence-electron chi connectivity index (χ2n) is 49.1. The van der Waals surface area contributed by atoms with Crippen LogP contribution in [0.25, 0.3) is 108 Å². The maximum Gasteiger partial charge on any atom is 0.127 e. The van der Waals surface area contributed by atoms with Gasteiger partial charge in [0.15, 0.2) is 0 Å². The van der Waals surface area contributed by atoms with Crippen LogP contribution in [0.2, 0.25) is 0 Å². The van der Waals surface area contributed by atoms with E-state index >= 15 is 0 Å². The summed E-state index contributed by atoms with van der Waals surface area (Å²) in [7, 11) is 1.76. The molecule has 1 nitrogen and oxygen atoms in total. The number of ether oxygens (including phenoxy) is 1. The minimum Gasteiger partial charge on any atom is -0.496 e. The first-order valence-corrected chi connectivity index (χ1v) is 51.4. The van der Waals surface area contributed by atoms with Gasteiger partial charge in [-0.15, -0.1) is 0 Å². The van der Waals surface area contributed by atoms with Gasteiger partial charge in [-0.1, -0.05) is 381 Å². The molecular formula is C133H164O. The zero-order valence-electron chi connectivity index (χ0n) is 88.8. The molecule has 19 rings (SSSR count). The minimum atomic E-state index is 0.108. The maximum absolute atomic E-state index is 5.67. The van der Waals surface area contributed by atoms with Gasteiger partial charge < -0.3 is 4.74 Å². The Hall–Kier alpha value is -10.1. The number of benzene rings is 16. The smallest absolute Gasteiger partial charge is 0.127 e. The lowest BCUT2D eigenvalue weighted by atomic mass is 9.69. The third-order valence-electron chi connectivity index (χ3n) is 30.9. The van der Waals surface area contributed by atoms with Crippen molar-refractivity contribution in [3.8, 4) is 5.75 Å². The fourth-order valence-corrected chi connectivity index (χ4v) is 23.4. The lowest BCUT2D eigenvalue weighted by Crippen LogP contribution is -2.21. The summed E-state index contributed by atoms with van der Waals surface area (Å²) in [5, 5.41) is 27.6. The van der Waals surface area contributed by atoms with E-state index in [2.05, 4.69) is 445 Å². The first kappa shape index (κ1) is 99.9. The Bertz CT molecular complexity index is 6970. The summed E-state index contributed by atoms with van der Waals surface area (Å²) in [5.41, 5.74) is 26.9. The van der Waals surface area contributed by atoms with Gasteiger partial charge in [0.05, 0.1) is 7.11 Å². The van der Waals surface area contributed by atoms with Gasteiger partial charge in [0.2, 0.25) is 0 Å². The molecule has 0 aliphatic heterocycles. The second-order valence-corrected chi connectivity index (χ2v) is 49.1. The normalized spacial score (nSPS) is 15.1. The van der Waals surface area contributed by atoms with Crippen LogP contribution in [0, 0.1) is 47.0 Å². The molecule has 16 aromatic carbocycles. The molecule has 0 N–H and O–H groups in total. The van der Waals surface area contributed by atoms with Crippen molar-refractivity contribution in [2.45, 2.75) is 360 Å². The molecule has 1 heteroatoms. The standard InChI is InChI=1S/C24H28.C23H28.C23H32.C22H26.C21H28.C20H22O/c1-16-20-13-18-11-7-8-12-19(18)14-22(20)21(17-9-5-6-10-17)15-23(16)24(2,3)4;1-15-18-12-16-10-8-9-11-17(16)13-19(18)21(23(5,6)7)14-20(15)22(2,3)4;1-16-18-9-7-8-10-19(18)20(15-21(16)22(2,3)4)17-11-13-23(5,6)14-12-17;1-14(2)18-13-21(22(4,5)6)15(3)19-11-16-9-7-8-10-17(16)12-20(18)19;1-15-17-12-8-9-13-18(17)19(14-20(15)21(2,3)4)16-10-6-5-7-11-16;1-13-16-10-14-8-6-7-9-15(14)11-17(16)19(21-5)12-18(13)20(2,3)4/h7-8,11-15,17H,5-6,9-10H2,1-4H3;8-14H,1-7H3;7-10,15,17H,11-14H2,1-6H3;7-14H,1-6H3;8-9,12-14,16H,5-7,10-11H2,1-4H3;6-12H,1-5H3. The molecule has 0 unspecified atom stereocenters. The molecule has 3 aliphatic rings. The van der Waals surface area contributed by atoms with Crippen molar-refractivity contribution in [3.05, 3.63) is 325 Å². The van der Waals surface area contributed by atoms with E-state index in [1.165, 1.54) is 269 Å². The van der Waals surface area contributed by atoms with Gasteiger partial charge >= 0.3 is 0 Å². The third kappa shape index (κ3) is 21.7. The van der Waals surface area contributed by atoms with E-state index in [4.69, 9.17) is 4.74 Å². The van der Waals surface area contributed by atoms with Crippen molar-refractivity contribution in [3.63, 3.8) is 0 Å². The lowest BCUT2D eigenvalue weighted by Gasteiger charge is -2.36. The molecule has 16 aromatic rings. The first-order chi connectivity index (χ1) is 62.9. The molecule has 702 valence electrons. The Morgan fingerprint density at radius 1 is 0.239 bits per heavy atom. The summed E-state index contributed by atoms with van der Waals surface area (Å²) in [5.74, 6) is 3.74. The highest BCUT2D eigenvalue weighted by atomic mass is 16.5. The molecule has 0 radical (unpaired) electrons. The van der Waals surface area contributed by atoms with Gasteiger partial charge in [-0.25, -0.2) is 0 Å². The summed E-state index contributed by atoms with van der Waals surface area (Å²) in [6.07, 6.45) is 17.8. The zero-order valence-corrected chi connectivity index (χ0v) is 88.8. The van der Waals surface area contributed by atoms with Crippen molar-refractivity contribution in [2.75, 3.05) is 7.11 Å². The fraction of sp³-hybridized carbons (Fsp3) is 0.429. The summed E-state index contributed by atoms with van der Waals surface area (Å²) in [6, 6.07) is 86.4. The van der Waals surface area contributed by atoms with Crippen LogP contribution in [0.15, 0.2) is 231 Å². The Morgan fingerprint density at radius 2 is 0.478 bits per heavy atom. The molecule has 3 aliphatic carbocycles. The third-order valence-corrected chi connectivity index (χ3v) is 30.9. The van der Waals surface area contributed by atoms with E-state index in [0.29, 0.717) is 11.3 Å². The Balaban J connectivity index is 0.000000129. The number of hydrogen-bond acceptors (Lipinski definition) is 1. The SMILES string of the molecule is COc1cc(C(C)(C)C)c(C)c2cc3ccccc3cc12.Cc1c(C(C)(C)C)cc(C(C)(C)C)c2cc3ccccc3cc12.Cc1c(C(C)(C)C)cc(C(C)C)c2cc3ccccc3cc12.Cc1c(C(C)(C)C)cc(C2CCC(C)(C)CC2)c2ccccc12.Cc1c(C(C)(C)C)cc(C2CCCC2)c2cc3ccccc3cc12.Cc1c(C(C)(C)C)cc(C2CCCCC2)c2ccccc12. The highest BCUT2D eigenvalue weighted by Crippen LogP contribution is 2.50. The summed E-state index contributed by atoms with van der Waals surface area (Å²) in [6.45, 7) is 71.8. The predicted molar refractivity (Wildman–Crippen MR) is 596 cm³/mol. The molecule has 0 bridgehead atoms. The predicted octanol–water partition coefficient (Wildman–Crippen LogP) is 40.1. The second kappa shape index (κ2) is 39.2. The molecule has 0 spiro atoms. The van der Waals surface area contributed by atoms with E-state index in [9.17, 15) is 0 Å². The molecule has 3 saturated carbocycles. The Labute approximate surface area is 809 Å². The van der Waals surface area contributed by atoms with E-state index in [-0.39, 0.29) is 37.9 Å². The first-order valence-electron chi connectivity index (χ1n) is 51.4. The molecular weight excluding hydrogens is 1610 g/mol. The van der Waals surface area contributed by atoms with Crippen LogP contribution < -0.4 is 4.74 Å². The minimum absolute atomic E-state index is 0.108. The fourth-order valence-electron chi connectivity index (χ4n) is 23.4. The van der Waals surface area contributed by atoms with Crippen LogP contribution in [0.5, 0.6) is 5.75 Å². The van der Waals surface area contributed by atoms with Crippen LogP contribution in [0.3, 0.4) is 0 Å². The average molecular weight is 1780 g/mol. The number of methoxy groups -OCH3 is 1. The van der Waals surface area contributed by atoms with Crippen molar-refractivity contribution in [2.24, 2.45) is 5.41 Å². The van der Waals surface area contributed by atoms with Crippen LogP contribution >= 0.6 is 0 Å². The van der Waals surface area contributed by atoms with Crippen molar-refractivity contribution in [1.29, 1.82) is 0 Å². The van der Waals surface area contributed by atoms with Crippen LogP contribution in [0.4, 0.5) is 0 Å². The number of fused-ring (bicyclic) bond motifs is 10. The van der Waals surface area contributed by atoms with Crippen molar-refractivity contribution in [1.82, 2.24) is 0 Å². The molecule has 0 aromatic heterocycles. The van der Waals surface area contributed by atoms with E-state index < -0.39 is 0 Å². The number of rotatable bonds is 5. The Kier molecular flexibility index (Phi) is 29.2. The summed E-state index contributed by atoms with van der Waals surface area (Å²) in [4.78, 5) is 0. The van der Waals surface area contributed by atoms with Crippen LogP contribution in [0.1, 0.15) is 375 Å². The van der Waals surface area contributed by atoms with Gasteiger partial charge in [0, 0.05) is 5.39 Å². The van der Waals surface area contributed by atoms with Gasteiger partial charge in [0.1, 0.15) is 5.75 Å². The molecule has 134 heavy (non-hydrogen) atoms. The molecule has 0 amide bonds. The molecule has 3 fully saturated rings.